The summed E-state index contributed by atoms with van der Waals surface area (Å²) in [5.74, 6) is 1.24. The number of pyridine rings is 1. The predicted molar refractivity (Wildman–Crippen MR) is 122 cm³/mol. The van der Waals surface area contributed by atoms with Gasteiger partial charge in [0.15, 0.2) is 0 Å². The zero-order chi connectivity index (χ0) is 20.9. The molecule has 0 amide bonds. The Kier molecular flexibility index (Phi) is 6.88. The van der Waals surface area contributed by atoms with Crippen LogP contribution in [0.25, 0.3) is 11.1 Å². The number of halogens is 1. The maximum atomic E-state index is 12.1. The molecule has 2 aliphatic rings. The fourth-order valence-electron chi connectivity index (χ4n) is 4.49. The minimum atomic E-state index is -0.373. The molecule has 0 bridgehead atoms. The number of hydrogen-bond acceptors (Lipinski definition) is 4. The van der Waals surface area contributed by atoms with Crippen molar-refractivity contribution in [3.63, 3.8) is 0 Å². The average Bonchev–Trinajstić information content (AvgIpc) is 3.45. The van der Waals surface area contributed by atoms with Gasteiger partial charge in [0.1, 0.15) is 11.4 Å². The summed E-state index contributed by atoms with van der Waals surface area (Å²) < 4.78 is 12.5. The van der Waals surface area contributed by atoms with Gasteiger partial charge >= 0.3 is 5.97 Å². The van der Waals surface area contributed by atoms with Crippen LogP contribution < -0.4 is 4.74 Å². The van der Waals surface area contributed by atoms with Crippen molar-refractivity contribution in [3.8, 4) is 5.75 Å². The maximum Gasteiger partial charge on any atom is 0.356 e. The van der Waals surface area contributed by atoms with E-state index in [0.717, 1.165) is 47.3 Å². The Morgan fingerprint density at radius 3 is 2.70 bits per heavy atom. The summed E-state index contributed by atoms with van der Waals surface area (Å²) in [7, 11) is 0. The number of rotatable bonds is 7. The summed E-state index contributed by atoms with van der Waals surface area (Å²) in [6, 6.07) is 11.9. The Balaban J connectivity index is 1.66. The van der Waals surface area contributed by atoms with E-state index in [1.54, 1.807) is 13.0 Å². The van der Waals surface area contributed by atoms with Gasteiger partial charge in [-0.1, -0.05) is 34.8 Å². The van der Waals surface area contributed by atoms with Crippen LogP contribution in [-0.2, 0) is 4.74 Å². The Morgan fingerprint density at radius 2 is 1.90 bits per heavy atom. The number of nitrogens with zero attached hydrogens (tertiary/aromatic N) is 1. The number of allylic oxidation sites excluding steroid dienone is 2. The molecule has 0 saturated heterocycles. The van der Waals surface area contributed by atoms with Gasteiger partial charge in [0.2, 0.25) is 0 Å². The molecule has 1 fully saturated rings. The molecular weight excluding hydrogens is 442 g/mol. The van der Waals surface area contributed by atoms with Crippen LogP contribution in [0.1, 0.15) is 73.6 Å². The molecule has 30 heavy (non-hydrogen) atoms. The summed E-state index contributed by atoms with van der Waals surface area (Å²) in [4.78, 5) is 16.8. The maximum absolute atomic E-state index is 12.1. The van der Waals surface area contributed by atoms with Gasteiger partial charge < -0.3 is 9.47 Å². The molecule has 0 atom stereocenters. The quantitative estimate of drug-likeness (QED) is 0.424. The van der Waals surface area contributed by atoms with E-state index in [1.807, 2.05) is 18.2 Å². The van der Waals surface area contributed by atoms with E-state index in [0.29, 0.717) is 18.2 Å². The Bertz CT molecular complexity index is 947. The number of hydrogen-bond donors (Lipinski definition) is 0. The molecule has 5 heteroatoms. The van der Waals surface area contributed by atoms with Crippen LogP contribution in [0.2, 0.25) is 0 Å². The van der Waals surface area contributed by atoms with Gasteiger partial charge in [-0.3, -0.25) is 0 Å². The van der Waals surface area contributed by atoms with E-state index in [9.17, 15) is 4.79 Å². The van der Waals surface area contributed by atoms with Crippen molar-refractivity contribution in [2.75, 3.05) is 13.2 Å². The van der Waals surface area contributed by atoms with Crippen LogP contribution in [0.4, 0.5) is 0 Å². The van der Waals surface area contributed by atoms with Crippen LogP contribution in [-0.4, -0.2) is 24.2 Å². The molecule has 158 valence electrons. The van der Waals surface area contributed by atoms with Crippen molar-refractivity contribution < 1.29 is 14.3 Å². The van der Waals surface area contributed by atoms with E-state index in [4.69, 9.17) is 9.47 Å². The van der Waals surface area contributed by atoms with E-state index >= 15 is 0 Å². The standard InChI is InChI=1S/C25H28BrNO3/c1-2-29-25(28)23-12-6-11-22(27-23)20-10-5-9-19(20)21-15-18(26)13-14-24(21)30-16-17-7-3-4-8-17/h6,11-15,17H,2-5,7-10,16H2,1H3. The molecule has 0 aliphatic heterocycles. The fourth-order valence-corrected chi connectivity index (χ4v) is 4.85. The van der Waals surface area contributed by atoms with Gasteiger partial charge in [-0.2, -0.15) is 0 Å². The van der Waals surface area contributed by atoms with Crippen molar-refractivity contribution in [1.82, 2.24) is 4.98 Å². The van der Waals surface area contributed by atoms with Crippen molar-refractivity contribution in [2.45, 2.75) is 51.9 Å². The first-order valence-electron chi connectivity index (χ1n) is 10.9. The summed E-state index contributed by atoms with van der Waals surface area (Å²) >= 11 is 3.63. The van der Waals surface area contributed by atoms with Gasteiger partial charge in [0.25, 0.3) is 0 Å². The van der Waals surface area contributed by atoms with Gasteiger partial charge in [-0.05, 0) is 86.4 Å². The zero-order valence-corrected chi connectivity index (χ0v) is 19.0. The highest BCUT2D eigenvalue weighted by molar-refractivity contribution is 9.10. The van der Waals surface area contributed by atoms with Crippen LogP contribution >= 0.6 is 15.9 Å². The van der Waals surface area contributed by atoms with Crippen molar-refractivity contribution in [1.29, 1.82) is 0 Å². The molecule has 0 unspecified atom stereocenters. The lowest BCUT2D eigenvalue weighted by molar-refractivity contribution is 0.0519. The number of benzene rings is 1. The van der Waals surface area contributed by atoms with Crippen LogP contribution in [0.5, 0.6) is 5.75 Å². The monoisotopic (exact) mass is 469 g/mol. The first-order chi connectivity index (χ1) is 14.7. The second kappa shape index (κ2) is 9.78. The number of esters is 1. The first-order valence-corrected chi connectivity index (χ1v) is 11.7. The molecule has 1 aromatic carbocycles. The molecule has 4 nitrogen and oxygen atoms in total. The lowest BCUT2D eigenvalue weighted by atomic mass is 9.98. The number of carbonyl (C=O) groups is 1. The lowest BCUT2D eigenvalue weighted by Gasteiger charge is -2.17. The second-order valence-electron chi connectivity index (χ2n) is 8.04. The SMILES string of the molecule is CCOC(=O)c1cccc(C2=C(c3cc(Br)ccc3OCC3CCCC3)CCC2)n1. The van der Waals surface area contributed by atoms with E-state index in [-0.39, 0.29) is 5.97 Å². The fraction of sp³-hybridized carbons (Fsp3) is 0.440. The number of ether oxygens (including phenoxy) is 2. The molecule has 0 N–H and O–H groups in total. The minimum Gasteiger partial charge on any atom is -0.493 e. The Morgan fingerprint density at radius 1 is 1.10 bits per heavy atom. The third kappa shape index (κ3) is 4.77. The molecule has 1 heterocycles. The molecule has 0 radical (unpaired) electrons. The summed E-state index contributed by atoms with van der Waals surface area (Å²) in [6.45, 7) is 2.94. The molecular formula is C25H28BrNO3. The largest absolute Gasteiger partial charge is 0.493 e. The van der Waals surface area contributed by atoms with Gasteiger partial charge in [0.05, 0.1) is 18.9 Å². The molecule has 4 rings (SSSR count). The number of aromatic nitrogens is 1. The van der Waals surface area contributed by atoms with Gasteiger partial charge in [-0.15, -0.1) is 0 Å². The van der Waals surface area contributed by atoms with Gasteiger partial charge in [-0.25, -0.2) is 9.78 Å². The highest BCUT2D eigenvalue weighted by Gasteiger charge is 2.23. The number of carbonyl (C=O) groups excluding carboxylic acids is 1. The minimum absolute atomic E-state index is 0.346. The first kappa shape index (κ1) is 21.1. The molecule has 1 saturated carbocycles. The summed E-state index contributed by atoms with van der Waals surface area (Å²) in [6.07, 6.45) is 8.18. The van der Waals surface area contributed by atoms with Crippen molar-refractivity contribution in [2.24, 2.45) is 5.92 Å². The summed E-state index contributed by atoms with van der Waals surface area (Å²) in [5, 5.41) is 0. The molecule has 0 spiro atoms. The highest BCUT2D eigenvalue weighted by atomic mass is 79.9. The van der Waals surface area contributed by atoms with E-state index < -0.39 is 0 Å². The van der Waals surface area contributed by atoms with Crippen LogP contribution in [0.15, 0.2) is 40.9 Å². The third-order valence-electron chi connectivity index (χ3n) is 5.98. The Hall–Kier alpha value is -2.14. The normalized spacial score (nSPS) is 16.9. The molecule has 1 aromatic heterocycles. The molecule has 2 aliphatic carbocycles. The average molecular weight is 470 g/mol. The Labute approximate surface area is 186 Å². The van der Waals surface area contributed by atoms with Crippen molar-refractivity contribution >= 4 is 33.0 Å². The second-order valence-corrected chi connectivity index (χ2v) is 8.96. The van der Waals surface area contributed by atoms with Crippen molar-refractivity contribution in [3.05, 3.63) is 57.8 Å². The highest BCUT2D eigenvalue weighted by Crippen LogP contribution is 2.43. The topological polar surface area (TPSA) is 48.4 Å². The summed E-state index contributed by atoms with van der Waals surface area (Å²) in [5.41, 5.74) is 4.82. The predicted octanol–water partition coefficient (Wildman–Crippen LogP) is 6.68. The van der Waals surface area contributed by atoms with E-state index in [1.165, 1.54) is 36.8 Å². The van der Waals surface area contributed by atoms with Crippen LogP contribution in [0.3, 0.4) is 0 Å². The van der Waals surface area contributed by atoms with Gasteiger partial charge in [0, 0.05) is 10.0 Å². The zero-order valence-electron chi connectivity index (χ0n) is 17.5. The van der Waals surface area contributed by atoms with Crippen LogP contribution in [0, 0.1) is 5.92 Å². The third-order valence-corrected chi connectivity index (χ3v) is 6.47. The van der Waals surface area contributed by atoms with E-state index in [2.05, 4.69) is 33.0 Å². The molecule has 2 aromatic rings. The smallest absolute Gasteiger partial charge is 0.356 e. The lowest BCUT2D eigenvalue weighted by Crippen LogP contribution is -2.09.